The second kappa shape index (κ2) is 5.61. The van der Waals surface area contributed by atoms with E-state index in [0.717, 1.165) is 30.8 Å². The van der Waals surface area contributed by atoms with Gasteiger partial charge in [0.2, 0.25) is 0 Å². The van der Waals surface area contributed by atoms with Crippen LogP contribution >= 0.6 is 15.9 Å². The van der Waals surface area contributed by atoms with Crippen molar-refractivity contribution in [2.75, 3.05) is 38.3 Å². The minimum Gasteiger partial charge on any atom is -0.377 e. The second-order valence-corrected chi connectivity index (χ2v) is 4.66. The lowest BCUT2D eigenvalue weighted by Gasteiger charge is -2.37. The van der Waals surface area contributed by atoms with Crippen LogP contribution in [0.5, 0.6) is 0 Å². The number of rotatable bonds is 3. The molecule has 0 bridgehead atoms. The van der Waals surface area contributed by atoms with E-state index < -0.39 is 0 Å². The molecule has 0 aliphatic carbocycles. The summed E-state index contributed by atoms with van der Waals surface area (Å²) in [5, 5.41) is 3.20. The molecule has 88 valence electrons. The van der Waals surface area contributed by atoms with Crippen LogP contribution in [0.1, 0.15) is 0 Å². The fourth-order valence-electron chi connectivity index (χ4n) is 1.98. The zero-order valence-electron chi connectivity index (χ0n) is 9.32. The first kappa shape index (κ1) is 11.8. The lowest BCUT2D eigenvalue weighted by molar-refractivity contribution is 0.0942. The highest BCUT2D eigenvalue weighted by Gasteiger charge is 2.23. The molecule has 1 fully saturated rings. The Morgan fingerprint density at radius 1 is 1.69 bits per heavy atom. The van der Waals surface area contributed by atoms with Crippen molar-refractivity contribution >= 4 is 21.6 Å². The Morgan fingerprint density at radius 2 is 2.56 bits per heavy atom. The molecule has 2 rings (SSSR count). The number of nitrogens with zero attached hydrogens (tertiary/aromatic N) is 2. The van der Waals surface area contributed by atoms with Gasteiger partial charge in [-0.2, -0.15) is 0 Å². The van der Waals surface area contributed by atoms with Crippen molar-refractivity contribution in [3.05, 3.63) is 22.9 Å². The molecule has 1 atom stereocenters. The van der Waals surface area contributed by atoms with Crippen molar-refractivity contribution in [1.29, 1.82) is 0 Å². The van der Waals surface area contributed by atoms with Crippen molar-refractivity contribution in [3.8, 4) is 0 Å². The third-order valence-corrected chi connectivity index (χ3v) is 3.34. The van der Waals surface area contributed by atoms with Crippen LogP contribution in [0.3, 0.4) is 0 Å². The molecule has 1 aromatic heterocycles. The Hall–Kier alpha value is -0.650. The molecule has 1 aliphatic rings. The minimum atomic E-state index is 0.387. The van der Waals surface area contributed by atoms with Crippen molar-refractivity contribution in [1.82, 2.24) is 10.3 Å². The van der Waals surface area contributed by atoms with Gasteiger partial charge in [-0.3, -0.25) is 4.98 Å². The molecular formula is C11H16BrN3O. The summed E-state index contributed by atoms with van der Waals surface area (Å²) in [6, 6.07) is 2.43. The summed E-state index contributed by atoms with van der Waals surface area (Å²) in [7, 11) is 1.97. The average molecular weight is 286 g/mol. The topological polar surface area (TPSA) is 37.4 Å². The van der Waals surface area contributed by atoms with Gasteiger partial charge in [0.15, 0.2) is 0 Å². The van der Waals surface area contributed by atoms with Crippen LogP contribution in [0.15, 0.2) is 22.9 Å². The van der Waals surface area contributed by atoms with Crippen molar-refractivity contribution in [3.63, 3.8) is 0 Å². The van der Waals surface area contributed by atoms with Gasteiger partial charge < -0.3 is 15.0 Å². The molecule has 1 aliphatic heterocycles. The van der Waals surface area contributed by atoms with Crippen LogP contribution < -0.4 is 10.2 Å². The van der Waals surface area contributed by atoms with Crippen LogP contribution in [-0.2, 0) is 4.74 Å². The van der Waals surface area contributed by atoms with E-state index in [4.69, 9.17) is 4.74 Å². The highest BCUT2D eigenvalue weighted by Crippen LogP contribution is 2.27. The van der Waals surface area contributed by atoms with E-state index in [-0.39, 0.29) is 0 Å². The van der Waals surface area contributed by atoms with Crippen LogP contribution in [0, 0.1) is 0 Å². The number of halogens is 1. The number of likely N-dealkylation sites (N-methyl/N-ethyl adjacent to an activating group) is 1. The van der Waals surface area contributed by atoms with E-state index in [1.807, 2.05) is 25.5 Å². The molecule has 1 unspecified atom stereocenters. The van der Waals surface area contributed by atoms with E-state index in [1.165, 1.54) is 5.69 Å². The van der Waals surface area contributed by atoms with Gasteiger partial charge in [0.1, 0.15) is 0 Å². The first-order chi connectivity index (χ1) is 7.83. The van der Waals surface area contributed by atoms with Gasteiger partial charge in [-0.25, -0.2) is 0 Å². The van der Waals surface area contributed by atoms with Gasteiger partial charge in [-0.15, -0.1) is 0 Å². The number of hydrogen-bond acceptors (Lipinski definition) is 4. The fourth-order valence-corrected chi connectivity index (χ4v) is 2.46. The molecule has 1 saturated heterocycles. The Balaban J connectivity index is 2.19. The van der Waals surface area contributed by atoms with Crippen molar-refractivity contribution in [2.45, 2.75) is 6.04 Å². The van der Waals surface area contributed by atoms with E-state index in [0.29, 0.717) is 6.04 Å². The van der Waals surface area contributed by atoms with Crippen molar-refractivity contribution < 1.29 is 4.74 Å². The normalized spacial score (nSPS) is 21.1. The van der Waals surface area contributed by atoms with Crippen LogP contribution in [0.25, 0.3) is 0 Å². The summed E-state index contributed by atoms with van der Waals surface area (Å²) >= 11 is 3.55. The van der Waals surface area contributed by atoms with Crippen LogP contribution in [-0.4, -0.2) is 44.4 Å². The molecule has 4 nitrogen and oxygen atoms in total. The first-order valence-electron chi connectivity index (χ1n) is 5.41. The molecule has 1 N–H and O–H groups in total. The monoisotopic (exact) mass is 285 g/mol. The largest absolute Gasteiger partial charge is 0.377 e. The SMILES string of the molecule is CNCC1COCCN1c1ccncc1Br. The van der Waals surface area contributed by atoms with Crippen LogP contribution in [0.4, 0.5) is 5.69 Å². The summed E-state index contributed by atoms with van der Waals surface area (Å²) in [5.74, 6) is 0. The molecule has 5 heteroatoms. The molecule has 0 amide bonds. The number of pyridine rings is 1. The number of morpholine rings is 1. The number of nitrogens with one attached hydrogen (secondary N) is 1. The molecule has 16 heavy (non-hydrogen) atoms. The summed E-state index contributed by atoms with van der Waals surface area (Å²) in [4.78, 5) is 6.46. The zero-order valence-corrected chi connectivity index (χ0v) is 10.9. The van der Waals surface area contributed by atoms with Gasteiger partial charge in [0.05, 0.1) is 29.4 Å². The lowest BCUT2D eigenvalue weighted by Crippen LogP contribution is -2.50. The fraction of sp³-hybridized carbons (Fsp3) is 0.545. The van der Waals surface area contributed by atoms with E-state index in [2.05, 4.69) is 31.1 Å². The Kier molecular flexibility index (Phi) is 4.15. The van der Waals surface area contributed by atoms with Gasteiger partial charge >= 0.3 is 0 Å². The highest BCUT2D eigenvalue weighted by atomic mass is 79.9. The number of hydrogen-bond donors (Lipinski definition) is 1. The Morgan fingerprint density at radius 3 is 3.31 bits per heavy atom. The van der Waals surface area contributed by atoms with E-state index in [9.17, 15) is 0 Å². The molecule has 0 saturated carbocycles. The summed E-state index contributed by atoms with van der Waals surface area (Å²) in [6.07, 6.45) is 3.66. The third kappa shape index (κ3) is 2.53. The predicted molar refractivity (Wildman–Crippen MR) is 67.8 cm³/mol. The maximum Gasteiger partial charge on any atom is 0.0683 e. The molecule has 0 aromatic carbocycles. The second-order valence-electron chi connectivity index (χ2n) is 3.81. The standard InChI is InChI=1S/C11H16BrN3O/c1-13-6-9-8-16-5-4-15(9)11-2-3-14-7-10(11)12/h2-3,7,9,13H,4-6,8H2,1H3. The lowest BCUT2D eigenvalue weighted by atomic mass is 10.2. The number of aromatic nitrogens is 1. The number of ether oxygens (including phenoxy) is 1. The summed E-state index contributed by atoms with van der Waals surface area (Å²) < 4.78 is 6.55. The first-order valence-corrected chi connectivity index (χ1v) is 6.20. The molecule has 0 spiro atoms. The highest BCUT2D eigenvalue weighted by molar-refractivity contribution is 9.10. The van der Waals surface area contributed by atoms with E-state index in [1.54, 1.807) is 0 Å². The Labute approximate surface area is 104 Å². The smallest absolute Gasteiger partial charge is 0.0683 e. The minimum absolute atomic E-state index is 0.387. The van der Waals surface area contributed by atoms with Gasteiger partial charge in [0, 0.05) is 25.5 Å². The molecule has 0 radical (unpaired) electrons. The quantitative estimate of drug-likeness (QED) is 0.908. The molecule has 1 aromatic rings. The van der Waals surface area contributed by atoms with Gasteiger partial charge in [-0.05, 0) is 29.0 Å². The summed E-state index contributed by atoms with van der Waals surface area (Å²) in [6.45, 7) is 3.41. The van der Waals surface area contributed by atoms with Gasteiger partial charge in [-0.1, -0.05) is 0 Å². The number of anilines is 1. The summed E-state index contributed by atoms with van der Waals surface area (Å²) in [5.41, 5.74) is 1.19. The zero-order chi connectivity index (χ0) is 11.4. The molecule has 2 heterocycles. The average Bonchev–Trinajstić information content (AvgIpc) is 2.31. The van der Waals surface area contributed by atoms with Crippen LogP contribution in [0.2, 0.25) is 0 Å². The van der Waals surface area contributed by atoms with E-state index >= 15 is 0 Å². The third-order valence-electron chi connectivity index (χ3n) is 2.73. The maximum absolute atomic E-state index is 5.51. The Bertz CT molecular complexity index is 346. The maximum atomic E-state index is 5.51. The van der Waals surface area contributed by atoms with Gasteiger partial charge in [0.25, 0.3) is 0 Å². The predicted octanol–water partition coefficient (Wildman–Crippen LogP) is 1.27. The van der Waals surface area contributed by atoms with Crippen molar-refractivity contribution in [2.24, 2.45) is 0 Å². The molecular weight excluding hydrogens is 270 g/mol.